The Labute approximate surface area is 175 Å². The molecule has 0 radical (unpaired) electrons. The summed E-state index contributed by atoms with van der Waals surface area (Å²) in [5.41, 5.74) is 3.75. The SMILES string of the molecule is CC(Oc1ccccc1)C(=O)NCc1cn(-c2ccccc2)nc1-c1ccccc1. The van der Waals surface area contributed by atoms with E-state index in [9.17, 15) is 4.79 Å². The number of aromatic nitrogens is 2. The van der Waals surface area contributed by atoms with Gasteiger partial charge in [0.05, 0.1) is 11.4 Å². The molecule has 0 aliphatic rings. The van der Waals surface area contributed by atoms with Gasteiger partial charge < -0.3 is 10.1 Å². The van der Waals surface area contributed by atoms with Crippen LogP contribution in [0.5, 0.6) is 5.75 Å². The highest BCUT2D eigenvalue weighted by Crippen LogP contribution is 2.23. The molecule has 0 saturated carbocycles. The molecule has 5 heteroatoms. The molecule has 0 fully saturated rings. The maximum Gasteiger partial charge on any atom is 0.261 e. The molecular formula is C25H23N3O2. The van der Waals surface area contributed by atoms with E-state index in [1.165, 1.54) is 0 Å². The average Bonchev–Trinajstić information content (AvgIpc) is 3.23. The van der Waals surface area contributed by atoms with Crippen LogP contribution in [0.15, 0.2) is 97.2 Å². The Bertz CT molecular complexity index is 1090. The maximum absolute atomic E-state index is 12.6. The molecule has 30 heavy (non-hydrogen) atoms. The Hall–Kier alpha value is -3.86. The van der Waals surface area contributed by atoms with Crippen LogP contribution in [0.25, 0.3) is 16.9 Å². The summed E-state index contributed by atoms with van der Waals surface area (Å²) in [7, 11) is 0. The molecule has 5 nitrogen and oxygen atoms in total. The Morgan fingerprint density at radius 3 is 2.20 bits per heavy atom. The van der Waals surface area contributed by atoms with E-state index >= 15 is 0 Å². The van der Waals surface area contributed by atoms with Crippen molar-refractivity contribution < 1.29 is 9.53 Å². The zero-order chi connectivity index (χ0) is 20.8. The van der Waals surface area contributed by atoms with Gasteiger partial charge in [-0.05, 0) is 31.2 Å². The van der Waals surface area contributed by atoms with E-state index in [0.29, 0.717) is 12.3 Å². The van der Waals surface area contributed by atoms with E-state index in [2.05, 4.69) is 5.32 Å². The van der Waals surface area contributed by atoms with Crippen molar-refractivity contribution in [2.24, 2.45) is 0 Å². The van der Waals surface area contributed by atoms with Gasteiger partial charge in [0.1, 0.15) is 5.75 Å². The first-order chi connectivity index (χ1) is 14.7. The van der Waals surface area contributed by atoms with Crippen LogP contribution < -0.4 is 10.1 Å². The second-order valence-electron chi connectivity index (χ2n) is 6.94. The number of benzene rings is 3. The summed E-state index contributed by atoms with van der Waals surface area (Å²) in [6.07, 6.45) is 1.36. The molecule has 0 aliphatic carbocycles. The van der Waals surface area contributed by atoms with Crippen LogP contribution in [0, 0.1) is 0 Å². The fourth-order valence-corrected chi connectivity index (χ4v) is 3.17. The monoisotopic (exact) mass is 397 g/mol. The Morgan fingerprint density at radius 1 is 0.933 bits per heavy atom. The lowest BCUT2D eigenvalue weighted by atomic mass is 10.1. The number of hydrogen-bond donors (Lipinski definition) is 1. The largest absolute Gasteiger partial charge is 0.481 e. The van der Waals surface area contributed by atoms with Crippen LogP contribution in [0.3, 0.4) is 0 Å². The zero-order valence-corrected chi connectivity index (χ0v) is 16.7. The lowest BCUT2D eigenvalue weighted by Crippen LogP contribution is -2.35. The molecule has 1 heterocycles. The van der Waals surface area contributed by atoms with Crippen molar-refractivity contribution in [3.63, 3.8) is 0 Å². The third-order valence-electron chi connectivity index (χ3n) is 4.74. The van der Waals surface area contributed by atoms with Crippen molar-refractivity contribution >= 4 is 5.91 Å². The van der Waals surface area contributed by atoms with Crippen LogP contribution in [-0.2, 0) is 11.3 Å². The first-order valence-electron chi connectivity index (χ1n) is 9.89. The number of ether oxygens (including phenoxy) is 1. The predicted molar refractivity (Wildman–Crippen MR) is 117 cm³/mol. The lowest BCUT2D eigenvalue weighted by molar-refractivity contribution is -0.127. The van der Waals surface area contributed by atoms with Gasteiger partial charge in [0.2, 0.25) is 0 Å². The normalized spacial score (nSPS) is 11.6. The quantitative estimate of drug-likeness (QED) is 0.495. The third-order valence-corrected chi connectivity index (χ3v) is 4.74. The molecule has 1 amide bonds. The molecule has 1 atom stereocenters. The zero-order valence-electron chi connectivity index (χ0n) is 16.7. The smallest absolute Gasteiger partial charge is 0.261 e. The van der Waals surface area contributed by atoms with E-state index in [1.54, 1.807) is 6.92 Å². The van der Waals surface area contributed by atoms with Crippen molar-refractivity contribution in [2.45, 2.75) is 19.6 Å². The number of nitrogens with one attached hydrogen (secondary N) is 1. The van der Waals surface area contributed by atoms with Crippen LogP contribution >= 0.6 is 0 Å². The minimum absolute atomic E-state index is 0.176. The van der Waals surface area contributed by atoms with E-state index in [0.717, 1.165) is 22.5 Å². The topological polar surface area (TPSA) is 56.1 Å². The average molecular weight is 397 g/mol. The highest BCUT2D eigenvalue weighted by atomic mass is 16.5. The molecule has 1 aromatic heterocycles. The molecule has 3 aromatic carbocycles. The van der Waals surface area contributed by atoms with Crippen LogP contribution in [-0.4, -0.2) is 21.8 Å². The minimum Gasteiger partial charge on any atom is -0.481 e. The van der Waals surface area contributed by atoms with Gasteiger partial charge in [0.25, 0.3) is 5.91 Å². The second kappa shape index (κ2) is 9.09. The molecular weight excluding hydrogens is 374 g/mol. The lowest BCUT2D eigenvalue weighted by Gasteiger charge is -2.14. The number of nitrogens with zero attached hydrogens (tertiary/aromatic N) is 2. The summed E-state index contributed by atoms with van der Waals surface area (Å²) in [4.78, 5) is 12.6. The van der Waals surface area contributed by atoms with Crippen LogP contribution in [0.1, 0.15) is 12.5 Å². The fourth-order valence-electron chi connectivity index (χ4n) is 3.17. The predicted octanol–water partition coefficient (Wildman–Crippen LogP) is 4.62. The van der Waals surface area contributed by atoms with E-state index in [1.807, 2.05) is 102 Å². The molecule has 4 aromatic rings. The summed E-state index contributed by atoms with van der Waals surface area (Å²) in [6, 6.07) is 29.2. The molecule has 0 spiro atoms. The van der Waals surface area contributed by atoms with E-state index < -0.39 is 6.10 Å². The van der Waals surface area contributed by atoms with Gasteiger partial charge in [-0.15, -0.1) is 0 Å². The number of carbonyl (C=O) groups is 1. The molecule has 150 valence electrons. The molecule has 0 bridgehead atoms. The Morgan fingerprint density at radius 2 is 1.53 bits per heavy atom. The van der Waals surface area contributed by atoms with E-state index in [4.69, 9.17) is 9.84 Å². The van der Waals surface area contributed by atoms with Gasteiger partial charge in [-0.3, -0.25) is 4.79 Å². The first-order valence-corrected chi connectivity index (χ1v) is 9.89. The first kappa shape index (κ1) is 19.5. The van der Waals surface area contributed by atoms with Crippen molar-refractivity contribution in [1.29, 1.82) is 0 Å². The molecule has 0 aliphatic heterocycles. The van der Waals surface area contributed by atoms with E-state index in [-0.39, 0.29) is 5.91 Å². The summed E-state index contributed by atoms with van der Waals surface area (Å²) < 4.78 is 7.56. The summed E-state index contributed by atoms with van der Waals surface area (Å²) in [5.74, 6) is 0.493. The second-order valence-corrected chi connectivity index (χ2v) is 6.94. The number of carbonyl (C=O) groups excluding carboxylic acids is 1. The fraction of sp³-hybridized carbons (Fsp3) is 0.120. The van der Waals surface area contributed by atoms with Gasteiger partial charge in [0, 0.05) is 23.9 Å². The van der Waals surface area contributed by atoms with Crippen molar-refractivity contribution in [2.75, 3.05) is 0 Å². The molecule has 4 rings (SSSR count). The summed E-state index contributed by atoms with van der Waals surface area (Å²) in [5, 5.41) is 7.75. The van der Waals surface area contributed by atoms with Crippen molar-refractivity contribution in [1.82, 2.24) is 15.1 Å². The molecule has 1 unspecified atom stereocenters. The highest BCUT2D eigenvalue weighted by Gasteiger charge is 2.17. The number of hydrogen-bond acceptors (Lipinski definition) is 3. The Balaban J connectivity index is 1.52. The molecule has 1 N–H and O–H groups in total. The van der Waals surface area contributed by atoms with Gasteiger partial charge in [-0.1, -0.05) is 66.7 Å². The highest BCUT2D eigenvalue weighted by molar-refractivity contribution is 5.81. The van der Waals surface area contributed by atoms with Crippen LogP contribution in [0.2, 0.25) is 0 Å². The summed E-state index contributed by atoms with van der Waals surface area (Å²) >= 11 is 0. The van der Waals surface area contributed by atoms with Gasteiger partial charge in [-0.2, -0.15) is 5.10 Å². The van der Waals surface area contributed by atoms with Crippen molar-refractivity contribution in [3.05, 3.63) is 103 Å². The molecule has 0 saturated heterocycles. The third kappa shape index (κ3) is 4.58. The van der Waals surface area contributed by atoms with Gasteiger partial charge in [0.15, 0.2) is 6.10 Å². The number of para-hydroxylation sites is 2. The number of rotatable bonds is 7. The number of amides is 1. The van der Waals surface area contributed by atoms with Gasteiger partial charge >= 0.3 is 0 Å². The standard InChI is InChI=1S/C25H23N3O2/c1-19(30-23-15-9-4-10-16-23)25(29)26-17-21-18-28(22-13-7-3-8-14-22)27-24(21)20-11-5-2-6-12-20/h2-16,18-19H,17H2,1H3,(H,26,29). The minimum atomic E-state index is -0.600. The van der Waals surface area contributed by atoms with Gasteiger partial charge in [-0.25, -0.2) is 4.68 Å². The van der Waals surface area contributed by atoms with Crippen molar-refractivity contribution in [3.8, 4) is 22.7 Å². The maximum atomic E-state index is 12.6. The Kier molecular flexibility index (Phi) is 5.90. The van der Waals surface area contributed by atoms with Crippen LogP contribution in [0.4, 0.5) is 0 Å². The summed E-state index contributed by atoms with van der Waals surface area (Å²) in [6.45, 7) is 2.10.